The summed E-state index contributed by atoms with van der Waals surface area (Å²) in [6, 6.07) is 15.9. The van der Waals surface area contributed by atoms with Crippen LogP contribution in [-0.2, 0) is 0 Å². The van der Waals surface area contributed by atoms with Gasteiger partial charge in [0.2, 0.25) is 0 Å². The molecule has 25 heavy (non-hydrogen) atoms. The number of halogens is 2. The molecule has 0 bridgehead atoms. The molecule has 0 N–H and O–H groups in total. The van der Waals surface area contributed by atoms with E-state index in [1.165, 1.54) is 12.1 Å². The number of hydrogen-bond donors (Lipinski definition) is 0. The molecule has 0 aliphatic carbocycles. The lowest BCUT2D eigenvalue weighted by atomic mass is 10.1. The molecule has 0 amide bonds. The predicted octanol–water partition coefficient (Wildman–Crippen LogP) is 5.46. The van der Waals surface area contributed by atoms with Crippen LogP contribution < -0.4 is 0 Å². The van der Waals surface area contributed by atoms with Gasteiger partial charge in [0, 0.05) is 22.2 Å². The van der Waals surface area contributed by atoms with Gasteiger partial charge in [0.1, 0.15) is 11.5 Å². The van der Waals surface area contributed by atoms with Crippen molar-refractivity contribution in [3.63, 3.8) is 0 Å². The number of nitrogens with zero attached hydrogens (tertiary/aromatic N) is 3. The second-order valence-electron chi connectivity index (χ2n) is 5.74. The standard InChI is InChI=1S/C20H13ClFN3/c1-12-6-9-18(20-23-11-13-4-2-3-5-17(13)25-20)24-19(12)15-10-14(21)7-8-16(15)22/h2-11H,1H3. The normalized spacial score (nSPS) is 11.0. The van der Waals surface area contributed by atoms with E-state index in [1.807, 2.05) is 43.3 Å². The van der Waals surface area contributed by atoms with Gasteiger partial charge in [-0.25, -0.2) is 19.3 Å². The summed E-state index contributed by atoms with van der Waals surface area (Å²) in [4.78, 5) is 13.5. The Balaban J connectivity index is 1.87. The van der Waals surface area contributed by atoms with Crippen molar-refractivity contribution >= 4 is 22.5 Å². The highest BCUT2D eigenvalue weighted by molar-refractivity contribution is 6.30. The highest BCUT2D eigenvalue weighted by atomic mass is 35.5. The monoisotopic (exact) mass is 349 g/mol. The van der Waals surface area contributed by atoms with Crippen LogP contribution in [0.4, 0.5) is 4.39 Å². The Bertz CT molecular complexity index is 1100. The first-order chi connectivity index (χ1) is 12.1. The van der Waals surface area contributed by atoms with E-state index < -0.39 is 0 Å². The average Bonchev–Trinajstić information content (AvgIpc) is 2.64. The molecule has 0 radical (unpaired) electrons. The Labute approximate surface area is 149 Å². The maximum atomic E-state index is 14.2. The van der Waals surface area contributed by atoms with Gasteiger partial charge in [0.25, 0.3) is 0 Å². The summed E-state index contributed by atoms with van der Waals surface area (Å²) in [5, 5.41) is 1.42. The molecule has 122 valence electrons. The third-order valence-corrected chi connectivity index (χ3v) is 4.23. The fourth-order valence-corrected chi connectivity index (χ4v) is 2.87. The number of para-hydroxylation sites is 1. The van der Waals surface area contributed by atoms with Gasteiger partial charge in [0.15, 0.2) is 5.82 Å². The van der Waals surface area contributed by atoms with Crippen molar-refractivity contribution in [1.82, 2.24) is 15.0 Å². The van der Waals surface area contributed by atoms with Gasteiger partial charge in [0.05, 0.1) is 11.2 Å². The molecule has 2 heterocycles. The Morgan fingerprint density at radius 2 is 1.80 bits per heavy atom. The minimum Gasteiger partial charge on any atom is -0.244 e. The first-order valence-electron chi connectivity index (χ1n) is 7.77. The van der Waals surface area contributed by atoms with Crippen molar-refractivity contribution in [3.05, 3.63) is 77.2 Å². The van der Waals surface area contributed by atoms with E-state index in [-0.39, 0.29) is 5.82 Å². The highest BCUT2D eigenvalue weighted by Crippen LogP contribution is 2.29. The van der Waals surface area contributed by atoms with Crippen molar-refractivity contribution < 1.29 is 4.39 Å². The SMILES string of the molecule is Cc1ccc(-c2ncc3ccccc3n2)nc1-c1cc(Cl)ccc1F. The summed E-state index contributed by atoms with van der Waals surface area (Å²) < 4.78 is 14.2. The lowest BCUT2D eigenvalue weighted by Crippen LogP contribution is -1.97. The largest absolute Gasteiger partial charge is 0.244 e. The summed E-state index contributed by atoms with van der Waals surface area (Å²) in [5.74, 6) is 0.138. The molecule has 2 aromatic heterocycles. The predicted molar refractivity (Wildman–Crippen MR) is 97.9 cm³/mol. The molecule has 5 heteroatoms. The highest BCUT2D eigenvalue weighted by Gasteiger charge is 2.13. The number of rotatable bonds is 2. The second-order valence-corrected chi connectivity index (χ2v) is 6.18. The molecule has 0 fully saturated rings. The van der Waals surface area contributed by atoms with E-state index >= 15 is 0 Å². The van der Waals surface area contributed by atoms with E-state index in [4.69, 9.17) is 11.6 Å². The van der Waals surface area contributed by atoms with Crippen LogP contribution in [0.15, 0.2) is 60.8 Å². The molecule has 3 nitrogen and oxygen atoms in total. The lowest BCUT2D eigenvalue weighted by molar-refractivity contribution is 0.630. The van der Waals surface area contributed by atoms with Crippen LogP contribution >= 0.6 is 11.6 Å². The van der Waals surface area contributed by atoms with Crippen molar-refractivity contribution in [2.45, 2.75) is 6.92 Å². The molecule has 0 aliphatic rings. The molecule has 4 rings (SSSR count). The van der Waals surface area contributed by atoms with Crippen molar-refractivity contribution in [1.29, 1.82) is 0 Å². The maximum absolute atomic E-state index is 14.2. The first kappa shape index (κ1) is 15.7. The van der Waals surface area contributed by atoms with Gasteiger partial charge in [-0.05, 0) is 42.8 Å². The molecule has 0 atom stereocenters. The second kappa shape index (κ2) is 6.22. The first-order valence-corrected chi connectivity index (χ1v) is 8.15. The van der Waals surface area contributed by atoms with Crippen molar-refractivity contribution in [3.8, 4) is 22.8 Å². The Hall–Kier alpha value is -2.85. The number of hydrogen-bond acceptors (Lipinski definition) is 3. The average molecular weight is 350 g/mol. The molecule has 0 saturated carbocycles. The topological polar surface area (TPSA) is 38.7 Å². The van der Waals surface area contributed by atoms with Gasteiger partial charge >= 0.3 is 0 Å². The van der Waals surface area contributed by atoms with E-state index in [2.05, 4.69) is 15.0 Å². The summed E-state index contributed by atoms with van der Waals surface area (Å²) in [6.45, 7) is 1.88. The summed E-state index contributed by atoms with van der Waals surface area (Å²) >= 11 is 6.02. The fraction of sp³-hybridized carbons (Fsp3) is 0.0500. The fourth-order valence-electron chi connectivity index (χ4n) is 2.70. The van der Waals surface area contributed by atoms with E-state index in [0.717, 1.165) is 16.5 Å². The van der Waals surface area contributed by atoms with Crippen LogP contribution in [0.2, 0.25) is 5.02 Å². The van der Waals surface area contributed by atoms with Crippen LogP contribution in [0.25, 0.3) is 33.7 Å². The molecule has 4 aromatic rings. The Kier molecular flexibility index (Phi) is 3.90. The van der Waals surface area contributed by atoms with Crippen molar-refractivity contribution in [2.75, 3.05) is 0 Å². The van der Waals surface area contributed by atoms with Crippen LogP contribution in [-0.4, -0.2) is 15.0 Å². The van der Waals surface area contributed by atoms with Gasteiger partial charge in [-0.3, -0.25) is 0 Å². The van der Waals surface area contributed by atoms with Gasteiger partial charge in [-0.1, -0.05) is 35.9 Å². The minimum absolute atomic E-state index is 0.364. The third-order valence-electron chi connectivity index (χ3n) is 4.00. The Morgan fingerprint density at radius 3 is 2.68 bits per heavy atom. The smallest absolute Gasteiger partial charge is 0.178 e. The molecule has 2 aromatic carbocycles. The van der Waals surface area contributed by atoms with Crippen LogP contribution in [0.1, 0.15) is 5.56 Å². The maximum Gasteiger partial charge on any atom is 0.178 e. The molecule has 0 saturated heterocycles. The molecular weight excluding hydrogens is 337 g/mol. The molecule has 0 spiro atoms. The lowest BCUT2D eigenvalue weighted by Gasteiger charge is -2.09. The quantitative estimate of drug-likeness (QED) is 0.482. The summed E-state index contributed by atoms with van der Waals surface area (Å²) in [7, 11) is 0. The molecule has 0 unspecified atom stereocenters. The Morgan fingerprint density at radius 1 is 0.960 bits per heavy atom. The minimum atomic E-state index is -0.364. The number of aryl methyl sites for hydroxylation is 1. The number of fused-ring (bicyclic) bond motifs is 1. The molecular formula is C20H13ClFN3. The number of benzene rings is 2. The zero-order valence-corrected chi connectivity index (χ0v) is 14.1. The number of pyridine rings is 1. The van der Waals surface area contributed by atoms with Crippen molar-refractivity contribution in [2.24, 2.45) is 0 Å². The van der Waals surface area contributed by atoms with Gasteiger partial charge in [-0.2, -0.15) is 0 Å². The molecule has 0 aliphatic heterocycles. The zero-order chi connectivity index (χ0) is 17.4. The number of aromatic nitrogens is 3. The van der Waals surface area contributed by atoms with E-state index in [0.29, 0.717) is 27.8 Å². The van der Waals surface area contributed by atoms with Crippen LogP contribution in [0.5, 0.6) is 0 Å². The van der Waals surface area contributed by atoms with E-state index in [9.17, 15) is 4.39 Å². The van der Waals surface area contributed by atoms with Crippen LogP contribution in [0.3, 0.4) is 0 Å². The third kappa shape index (κ3) is 2.96. The summed E-state index contributed by atoms with van der Waals surface area (Å²) in [5.41, 5.74) is 3.18. The van der Waals surface area contributed by atoms with Crippen LogP contribution in [0, 0.1) is 12.7 Å². The van der Waals surface area contributed by atoms with Gasteiger partial charge < -0.3 is 0 Å². The summed E-state index contributed by atoms with van der Waals surface area (Å²) in [6.07, 6.45) is 1.76. The zero-order valence-electron chi connectivity index (χ0n) is 13.4. The van der Waals surface area contributed by atoms with Gasteiger partial charge in [-0.15, -0.1) is 0 Å². The van der Waals surface area contributed by atoms with E-state index in [1.54, 1.807) is 12.3 Å².